The second-order valence-corrected chi connectivity index (χ2v) is 13.2. The summed E-state index contributed by atoms with van der Waals surface area (Å²) in [5.41, 5.74) is -6.78. The molecule has 0 aliphatic heterocycles. The molecule has 0 radical (unpaired) electrons. The van der Waals surface area contributed by atoms with Gasteiger partial charge in [-0.3, -0.25) is 9.59 Å². The molecular weight excluding hydrogens is 530 g/mol. The molecule has 5 rings (SSSR count). The maximum absolute atomic E-state index is 17.3. The number of rotatable bonds is 3. The first-order valence-electron chi connectivity index (χ1n) is 11.9. The average molecular weight is 557 g/mol. The molecule has 4 aliphatic carbocycles. The number of fused-ring (bicyclic) bond motifs is 5. The number of halogens is 3. The Morgan fingerprint density at radius 3 is 2.56 bits per heavy atom. The molecule has 5 nitrogen and oxygen atoms in total. The predicted octanol–water partition coefficient (Wildman–Crippen LogP) is 5.32. The van der Waals surface area contributed by atoms with E-state index in [1.165, 1.54) is 25.1 Å². The van der Waals surface area contributed by atoms with Gasteiger partial charge in [0, 0.05) is 22.7 Å². The molecule has 0 spiro atoms. The van der Waals surface area contributed by atoms with Gasteiger partial charge in [-0.2, -0.15) is 0 Å². The van der Waals surface area contributed by atoms with Crippen molar-refractivity contribution in [2.75, 3.05) is 0 Å². The van der Waals surface area contributed by atoms with Crippen LogP contribution in [-0.2, 0) is 14.3 Å². The molecule has 1 aromatic heterocycles. The van der Waals surface area contributed by atoms with Crippen molar-refractivity contribution in [3.63, 3.8) is 0 Å². The van der Waals surface area contributed by atoms with Crippen LogP contribution in [0.2, 0.25) is 4.34 Å². The van der Waals surface area contributed by atoms with Crippen LogP contribution in [0.3, 0.4) is 0 Å². The van der Waals surface area contributed by atoms with E-state index < -0.39 is 69.0 Å². The topological polar surface area (TPSA) is 80.7 Å². The van der Waals surface area contributed by atoms with Crippen molar-refractivity contribution >= 4 is 52.4 Å². The molecule has 0 unspecified atom stereocenters. The number of hydrogen-bond donors (Lipinski definition) is 2. The molecule has 3 fully saturated rings. The molecule has 1 aromatic rings. The summed E-state index contributed by atoms with van der Waals surface area (Å²) in [6.45, 7) is 4.96. The summed E-state index contributed by atoms with van der Waals surface area (Å²) in [6.07, 6.45) is 0.313. The number of ether oxygens (including phenoxy) is 1. The molecule has 4 aliphatic rings. The Hall–Kier alpha value is -1.55. The Balaban J connectivity index is 1.61. The number of esters is 1. The van der Waals surface area contributed by atoms with Gasteiger partial charge < -0.3 is 9.84 Å². The highest BCUT2D eigenvalue weighted by molar-refractivity contribution is 7.96. The SMILES string of the molecule is C[C@@H]1C[C@H]2[C@@H]3C[C@H](F)C4=CC(=O)C=C[C@]4(C)[C@@]3(F)[C@@H](O)C[C@]2(C)[C@@]1(OC(=O)c1ccc(Cl)s1)C(=O)S. The Bertz CT molecular complexity index is 1230. The molecular formula is C26H27ClF2O5S2. The standard InChI is InChI=1S/C26H27ClF2O5S2/c1-12-8-14-15-10-17(28)16-9-13(30)6-7-23(16,2)25(15,29)19(31)11-24(14,3)26(12,22(33)35)34-21(32)18-4-5-20(27)36-18/h4-7,9,12,14-15,17,19,31H,8,10-11H2,1-3H3,(H,33,35)/t12-,14+,15+,17+,19+,23+,24+,25+,26+/m1/s1. The number of hydrogen-bond acceptors (Lipinski definition) is 6. The second kappa shape index (κ2) is 8.22. The van der Waals surface area contributed by atoms with Gasteiger partial charge in [-0.25, -0.2) is 13.6 Å². The molecule has 9 atom stereocenters. The minimum Gasteiger partial charge on any atom is -0.445 e. The van der Waals surface area contributed by atoms with Gasteiger partial charge in [-0.05, 0) is 62.0 Å². The van der Waals surface area contributed by atoms with Gasteiger partial charge in [-0.1, -0.05) is 31.5 Å². The lowest BCUT2D eigenvalue weighted by Crippen LogP contribution is -2.70. The third-order valence-electron chi connectivity index (χ3n) is 9.51. The molecule has 1 heterocycles. The Morgan fingerprint density at radius 1 is 1.25 bits per heavy atom. The molecule has 194 valence electrons. The Kier molecular flexibility index (Phi) is 5.96. The summed E-state index contributed by atoms with van der Waals surface area (Å²) in [5, 5.41) is 10.8. The van der Waals surface area contributed by atoms with E-state index in [9.17, 15) is 19.5 Å². The lowest BCUT2D eigenvalue weighted by molar-refractivity contribution is -0.221. The highest BCUT2D eigenvalue weighted by Gasteiger charge is 2.78. The van der Waals surface area contributed by atoms with Gasteiger partial charge in [-0.15, -0.1) is 24.0 Å². The number of thiophene rings is 1. The molecule has 0 amide bonds. The fraction of sp³-hybridized carbons (Fsp3) is 0.577. The van der Waals surface area contributed by atoms with Crippen LogP contribution < -0.4 is 0 Å². The summed E-state index contributed by atoms with van der Waals surface area (Å²) in [6, 6.07) is 3.04. The fourth-order valence-electron chi connectivity index (χ4n) is 7.86. The number of carbonyl (C=O) groups is 3. The minimum atomic E-state index is -2.29. The van der Waals surface area contributed by atoms with Gasteiger partial charge in [0.25, 0.3) is 0 Å². The molecule has 3 saturated carbocycles. The number of alkyl halides is 2. The summed E-state index contributed by atoms with van der Waals surface area (Å²) in [7, 11) is 0. The van der Waals surface area contributed by atoms with Crippen molar-refractivity contribution in [3.05, 3.63) is 45.1 Å². The van der Waals surface area contributed by atoms with E-state index >= 15 is 8.78 Å². The van der Waals surface area contributed by atoms with Crippen LogP contribution in [0.1, 0.15) is 49.7 Å². The molecule has 0 bridgehead atoms. The number of aliphatic hydroxyl groups excluding tert-OH is 1. The number of thiol groups is 1. The second-order valence-electron chi connectivity index (χ2n) is 11.0. The molecule has 10 heteroatoms. The number of allylic oxidation sites excluding steroid dienone is 4. The quantitative estimate of drug-likeness (QED) is 0.389. The zero-order valence-electron chi connectivity index (χ0n) is 20.0. The van der Waals surface area contributed by atoms with E-state index in [4.69, 9.17) is 16.3 Å². The lowest BCUT2D eigenvalue weighted by Gasteiger charge is -2.63. The fourth-order valence-corrected chi connectivity index (χ4v) is 9.30. The number of carbonyl (C=O) groups excluding carboxylic acids is 3. The van der Waals surface area contributed by atoms with Crippen LogP contribution in [-0.4, -0.2) is 45.5 Å². The van der Waals surface area contributed by atoms with Crippen molar-refractivity contribution in [2.24, 2.45) is 28.6 Å². The molecule has 0 saturated heterocycles. The van der Waals surface area contributed by atoms with E-state index in [2.05, 4.69) is 12.6 Å². The van der Waals surface area contributed by atoms with E-state index in [0.29, 0.717) is 4.34 Å². The van der Waals surface area contributed by atoms with Crippen molar-refractivity contribution in [2.45, 2.75) is 63.6 Å². The van der Waals surface area contributed by atoms with Gasteiger partial charge in [0.2, 0.25) is 5.12 Å². The number of aliphatic hydroxyl groups is 1. The van der Waals surface area contributed by atoms with Crippen LogP contribution >= 0.6 is 35.6 Å². The van der Waals surface area contributed by atoms with E-state index in [-0.39, 0.29) is 29.7 Å². The first kappa shape index (κ1) is 26.1. The van der Waals surface area contributed by atoms with Crippen LogP contribution in [0, 0.1) is 28.6 Å². The zero-order chi connectivity index (χ0) is 26.4. The van der Waals surface area contributed by atoms with E-state index in [1.807, 2.05) is 0 Å². The average Bonchev–Trinajstić information content (AvgIpc) is 3.32. The highest BCUT2D eigenvalue weighted by Crippen LogP contribution is 2.71. The molecule has 0 aromatic carbocycles. The number of ketones is 1. The lowest BCUT2D eigenvalue weighted by atomic mass is 9.44. The first-order valence-corrected chi connectivity index (χ1v) is 13.5. The smallest absolute Gasteiger partial charge is 0.349 e. The van der Waals surface area contributed by atoms with Gasteiger partial charge in [0.05, 0.1) is 10.4 Å². The Labute approximate surface area is 222 Å². The maximum Gasteiger partial charge on any atom is 0.349 e. The van der Waals surface area contributed by atoms with E-state index in [1.54, 1.807) is 19.9 Å². The maximum atomic E-state index is 17.3. The van der Waals surface area contributed by atoms with Crippen molar-refractivity contribution < 1.29 is 33.0 Å². The predicted molar refractivity (Wildman–Crippen MR) is 135 cm³/mol. The van der Waals surface area contributed by atoms with Crippen molar-refractivity contribution in [1.82, 2.24) is 0 Å². The van der Waals surface area contributed by atoms with Gasteiger partial charge in [0.15, 0.2) is 17.1 Å². The van der Waals surface area contributed by atoms with Crippen LogP contribution in [0.5, 0.6) is 0 Å². The summed E-state index contributed by atoms with van der Waals surface area (Å²) in [4.78, 5) is 38.5. The largest absolute Gasteiger partial charge is 0.445 e. The first-order chi connectivity index (χ1) is 16.7. The molecule has 1 N–H and O–H groups in total. The van der Waals surface area contributed by atoms with Crippen LogP contribution in [0.4, 0.5) is 8.78 Å². The summed E-state index contributed by atoms with van der Waals surface area (Å²) < 4.78 is 39.2. The zero-order valence-corrected chi connectivity index (χ0v) is 22.4. The van der Waals surface area contributed by atoms with Gasteiger partial charge in [0.1, 0.15) is 11.0 Å². The van der Waals surface area contributed by atoms with Crippen molar-refractivity contribution in [1.29, 1.82) is 0 Å². The third-order valence-corrected chi connectivity index (χ3v) is 11.1. The van der Waals surface area contributed by atoms with Crippen LogP contribution in [0.25, 0.3) is 0 Å². The van der Waals surface area contributed by atoms with Gasteiger partial charge >= 0.3 is 5.97 Å². The normalized spacial score (nSPS) is 45.4. The summed E-state index contributed by atoms with van der Waals surface area (Å²) in [5.74, 6) is -3.34. The van der Waals surface area contributed by atoms with E-state index in [0.717, 1.165) is 17.4 Å². The third kappa shape index (κ3) is 3.12. The minimum absolute atomic E-state index is 0.0278. The monoisotopic (exact) mass is 556 g/mol. The van der Waals surface area contributed by atoms with Crippen molar-refractivity contribution in [3.8, 4) is 0 Å². The highest BCUT2D eigenvalue weighted by atomic mass is 35.5. The summed E-state index contributed by atoms with van der Waals surface area (Å²) >= 11 is 11.1. The molecule has 36 heavy (non-hydrogen) atoms. The Morgan fingerprint density at radius 2 is 1.94 bits per heavy atom. The van der Waals surface area contributed by atoms with Crippen LogP contribution in [0.15, 0.2) is 35.9 Å².